The van der Waals surface area contributed by atoms with Crippen LogP contribution in [-0.2, 0) is 17.6 Å². The summed E-state index contributed by atoms with van der Waals surface area (Å²) >= 11 is 2.48. The van der Waals surface area contributed by atoms with Crippen molar-refractivity contribution in [1.82, 2.24) is 5.32 Å². The molecule has 0 spiro atoms. The topological polar surface area (TPSA) is 47.6 Å². The van der Waals surface area contributed by atoms with Gasteiger partial charge in [-0.25, -0.2) is 4.79 Å². The molecule has 2 atom stereocenters. The fourth-order valence-corrected chi connectivity index (χ4v) is 6.31. The van der Waals surface area contributed by atoms with Crippen molar-refractivity contribution < 1.29 is 14.3 Å². The Bertz CT molecular complexity index is 779. The molecule has 1 heterocycles. The van der Waals surface area contributed by atoms with Gasteiger partial charge in [-0.15, -0.1) is 0 Å². The smallest absolute Gasteiger partial charge is 0.407 e. The Labute approximate surface area is 188 Å². The van der Waals surface area contributed by atoms with Gasteiger partial charge in [0.1, 0.15) is 12.4 Å². The van der Waals surface area contributed by atoms with Crippen LogP contribution in [0.4, 0.5) is 4.79 Å². The number of amides is 1. The van der Waals surface area contributed by atoms with Crippen molar-refractivity contribution in [1.29, 1.82) is 0 Å². The number of alkyl carbamates (subject to hydrolysis) is 1. The average Bonchev–Trinajstić information content (AvgIpc) is 3.03. The Morgan fingerprint density at radius 2 is 1.90 bits per heavy atom. The maximum absolute atomic E-state index is 11.6. The first kappa shape index (κ1) is 21.3. The molecule has 5 heteroatoms. The summed E-state index contributed by atoms with van der Waals surface area (Å²) in [6.07, 6.45) is 8.03. The van der Waals surface area contributed by atoms with Gasteiger partial charge in [0.2, 0.25) is 0 Å². The fraction of sp³-hybridized carbons (Fsp3) is 0.708. The molecule has 4 nitrogen and oxygen atoms in total. The molecule has 1 saturated carbocycles. The van der Waals surface area contributed by atoms with Crippen LogP contribution in [0.1, 0.15) is 70.9 Å². The van der Waals surface area contributed by atoms with Crippen molar-refractivity contribution in [2.75, 3.05) is 6.61 Å². The Morgan fingerprint density at radius 1 is 1.17 bits per heavy atom. The van der Waals surface area contributed by atoms with E-state index in [1.54, 1.807) is 0 Å². The third-order valence-corrected chi connectivity index (χ3v) is 8.68. The third kappa shape index (κ3) is 4.40. The summed E-state index contributed by atoms with van der Waals surface area (Å²) in [5.41, 5.74) is 3.00. The summed E-state index contributed by atoms with van der Waals surface area (Å²) in [4.78, 5) is 11.6. The molecule has 1 aromatic carbocycles. The molecule has 1 aliphatic heterocycles. The summed E-state index contributed by atoms with van der Waals surface area (Å²) in [5.74, 6) is 2.28. The van der Waals surface area contributed by atoms with E-state index >= 15 is 0 Å². The van der Waals surface area contributed by atoms with E-state index in [1.165, 1.54) is 27.5 Å². The van der Waals surface area contributed by atoms with Crippen molar-refractivity contribution in [3.05, 3.63) is 26.8 Å². The number of cyclic esters (lactones) is 1. The largest absolute Gasteiger partial charge is 0.489 e. The predicted octanol–water partition coefficient (Wildman–Crippen LogP) is 5.88. The lowest BCUT2D eigenvalue weighted by atomic mass is 9.72. The number of rotatable bonds is 3. The van der Waals surface area contributed by atoms with Crippen LogP contribution in [0.2, 0.25) is 0 Å². The molecule has 29 heavy (non-hydrogen) atoms. The minimum Gasteiger partial charge on any atom is -0.489 e. The van der Waals surface area contributed by atoms with Gasteiger partial charge in [-0.2, -0.15) is 0 Å². The Kier molecular flexibility index (Phi) is 5.82. The molecule has 0 unspecified atom stereocenters. The first-order valence-electron chi connectivity index (χ1n) is 11.1. The summed E-state index contributed by atoms with van der Waals surface area (Å²) < 4.78 is 13.0. The molecule has 4 rings (SSSR count). The summed E-state index contributed by atoms with van der Waals surface area (Å²) in [6, 6.07) is 4.42. The highest BCUT2D eigenvalue weighted by molar-refractivity contribution is 14.1. The zero-order chi connectivity index (χ0) is 20.8. The number of hydrogen-bond acceptors (Lipinski definition) is 3. The van der Waals surface area contributed by atoms with Gasteiger partial charge < -0.3 is 14.8 Å². The molecule has 0 aromatic heterocycles. The number of carbonyl (C=O) groups is 1. The van der Waals surface area contributed by atoms with Gasteiger partial charge in [-0.05, 0) is 109 Å². The van der Waals surface area contributed by atoms with Crippen molar-refractivity contribution in [2.24, 2.45) is 17.3 Å². The standard InChI is InChI=1S/C24H34INO3/c1-23(2,3)16-6-9-18(10-7-16)29-20-12-5-15-13-17(8-11-19(15)21(20)25)24(4)14-28-22(27)26-24/h5,12,16-18H,6-11,13-14H2,1-4H3,(H,26,27)/t16?,17-,18?,24-/m0/s1. The Hall–Kier alpha value is -0.980. The van der Waals surface area contributed by atoms with Gasteiger partial charge in [0.25, 0.3) is 0 Å². The van der Waals surface area contributed by atoms with Crippen molar-refractivity contribution >= 4 is 28.7 Å². The lowest BCUT2D eigenvalue weighted by Crippen LogP contribution is -2.49. The second-order valence-electron chi connectivity index (χ2n) is 10.5. The molecule has 1 N–H and O–H groups in total. The number of nitrogens with one attached hydrogen (secondary N) is 1. The van der Waals surface area contributed by atoms with Crippen LogP contribution >= 0.6 is 22.6 Å². The van der Waals surface area contributed by atoms with Crippen LogP contribution in [0.3, 0.4) is 0 Å². The molecule has 3 aliphatic rings. The van der Waals surface area contributed by atoms with Gasteiger partial charge in [0, 0.05) is 0 Å². The first-order chi connectivity index (χ1) is 13.7. The zero-order valence-corrected chi connectivity index (χ0v) is 20.3. The van der Waals surface area contributed by atoms with Crippen LogP contribution in [0.25, 0.3) is 0 Å². The maximum Gasteiger partial charge on any atom is 0.407 e. The zero-order valence-electron chi connectivity index (χ0n) is 18.1. The monoisotopic (exact) mass is 511 g/mol. The normalized spacial score (nSPS) is 32.3. The third-order valence-electron chi connectivity index (χ3n) is 7.50. The highest BCUT2D eigenvalue weighted by atomic mass is 127. The second-order valence-corrected chi connectivity index (χ2v) is 11.6. The van der Waals surface area contributed by atoms with Gasteiger partial charge in [-0.1, -0.05) is 26.8 Å². The lowest BCUT2D eigenvalue weighted by Gasteiger charge is -2.37. The maximum atomic E-state index is 11.6. The lowest BCUT2D eigenvalue weighted by molar-refractivity contribution is 0.0875. The molecule has 2 aliphatic carbocycles. The second kappa shape index (κ2) is 7.93. The molecule has 2 fully saturated rings. The highest BCUT2D eigenvalue weighted by Crippen LogP contribution is 2.41. The molecule has 0 radical (unpaired) electrons. The summed E-state index contributed by atoms with van der Waals surface area (Å²) in [7, 11) is 0. The van der Waals surface area contributed by atoms with Crippen LogP contribution < -0.4 is 10.1 Å². The average molecular weight is 511 g/mol. The van der Waals surface area contributed by atoms with E-state index in [0.29, 0.717) is 24.0 Å². The number of benzene rings is 1. The van der Waals surface area contributed by atoms with Crippen molar-refractivity contribution in [2.45, 2.75) is 84.3 Å². The van der Waals surface area contributed by atoms with E-state index in [0.717, 1.165) is 43.8 Å². The number of hydrogen-bond donors (Lipinski definition) is 1. The number of ether oxygens (including phenoxy) is 2. The van der Waals surface area contributed by atoms with Crippen molar-refractivity contribution in [3.63, 3.8) is 0 Å². The molecule has 1 aromatic rings. The van der Waals surface area contributed by atoms with E-state index in [1.807, 2.05) is 0 Å². The van der Waals surface area contributed by atoms with Crippen LogP contribution in [0.15, 0.2) is 12.1 Å². The fourth-order valence-electron chi connectivity index (χ4n) is 5.39. The minimum atomic E-state index is -0.280. The van der Waals surface area contributed by atoms with E-state index < -0.39 is 0 Å². The molecule has 1 saturated heterocycles. The quantitative estimate of drug-likeness (QED) is 0.516. The molecular formula is C24H34INO3. The van der Waals surface area contributed by atoms with Gasteiger partial charge in [-0.3, -0.25) is 0 Å². The highest BCUT2D eigenvalue weighted by Gasteiger charge is 2.43. The Morgan fingerprint density at radius 3 is 2.52 bits per heavy atom. The predicted molar refractivity (Wildman–Crippen MR) is 123 cm³/mol. The van der Waals surface area contributed by atoms with E-state index in [-0.39, 0.29) is 11.6 Å². The van der Waals surface area contributed by atoms with Crippen LogP contribution in [0.5, 0.6) is 5.75 Å². The van der Waals surface area contributed by atoms with E-state index in [4.69, 9.17) is 9.47 Å². The molecular weight excluding hydrogens is 477 g/mol. The summed E-state index contributed by atoms with van der Waals surface area (Å²) in [5, 5.41) is 3.04. The van der Waals surface area contributed by atoms with Crippen LogP contribution in [0, 0.1) is 20.8 Å². The van der Waals surface area contributed by atoms with Crippen LogP contribution in [-0.4, -0.2) is 24.3 Å². The molecule has 0 bridgehead atoms. The van der Waals surface area contributed by atoms with Gasteiger partial charge in [0.05, 0.1) is 15.2 Å². The minimum absolute atomic E-state index is 0.249. The summed E-state index contributed by atoms with van der Waals surface area (Å²) in [6.45, 7) is 9.68. The number of carbonyl (C=O) groups excluding carboxylic acids is 1. The van der Waals surface area contributed by atoms with Gasteiger partial charge in [0.15, 0.2) is 0 Å². The van der Waals surface area contributed by atoms with E-state index in [9.17, 15) is 4.79 Å². The van der Waals surface area contributed by atoms with Gasteiger partial charge >= 0.3 is 6.09 Å². The van der Waals surface area contributed by atoms with E-state index in [2.05, 4.69) is 67.7 Å². The first-order valence-corrected chi connectivity index (χ1v) is 12.2. The molecule has 1 amide bonds. The van der Waals surface area contributed by atoms with Crippen molar-refractivity contribution in [3.8, 4) is 5.75 Å². The number of halogens is 1. The SMILES string of the molecule is CC(C)(C)C1CCC(Oc2ccc3c(c2I)CC[C@H]([C@]2(C)COC(=O)N2)C3)CC1. The molecule has 160 valence electrons. The number of fused-ring (bicyclic) bond motifs is 1. The Balaban J connectivity index is 1.42.